The van der Waals surface area contributed by atoms with Gasteiger partial charge in [-0.2, -0.15) is 0 Å². The number of nitrogens with zero attached hydrogens (tertiary/aromatic N) is 7. The van der Waals surface area contributed by atoms with Crippen LogP contribution < -0.4 is 30.7 Å². The predicted octanol–water partition coefficient (Wildman–Crippen LogP) is 6.04. The Hall–Kier alpha value is -7.73. The van der Waals surface area contributed by atoms with E-state index in [0.717, 1.165) is 28.6 Å². The second-order valence-electron chi connectivity index (χ2n) is 16.5. The van der Waals surface area contributed by atoms with Crippen molar-refractivity contribution in [2.75, 3.05) is 42.8 Å². The highest BCUT2D eigenvalue weighted by atomic mass is 16.5. The Morgan fingerprint density at radius 1 is 0.877 bits per heavy atom. The molecule has 18 nitrogen and oxygen atoms in total. The van der Waals surface area contributed by atoms with E-state index in [4.69, 9.17) is 9.47 Å². The topological polar surface area (TPSA) is 200 Å². The number of hydrogen-bond donors (Lipinski definition) is 4. The number of aliphatic imine (C=N–C) groups is 1. The van der Waals surface area contributed by atoms with Crippen LogP contribution >= 0.6 is 0 Å². The fraction of sp³-hybridized carbons (Fsp3) is 0.298. The molecular weight excluding hydrogens is 831 g/mol. The Balaban J connectivity index is 0.838. The van der Waals surface area contributed by atoms with E-state index in [0.29, 0.717) is 65.7 Å². The van der Waals surface area contributed by atoms with Gasteiger partial charge in [0.1, 0.15) is 11.4 Å². The van der Waals surface area contributed by atoms with Crippen molar-refractivity contribution in [3.63, 3.8) is 0 Å². The molecule has 1 fully saturated rings. The lowest BCUT2D eigenvalue weighted by molar-refractivity contribution is -0.116. The van der Waals surface area contributed by atoms with Crippen molar-refractivity contribution in [3.05, 3.63) is 114 Å². The smallest absolute Gasteiger partial charge is 0.291 e. The van der Waals surface area contributed by atoms with Crippen LogP contribution in [0.3, 0.4) is 0 Å². The van der Waals surface area contributed by atoms with Crippen LogP contribution in [-0.2, 0) is 32.5 Å². The molecular formula is C47H51N11O7. The van der Waals surface area contributed by atoms with Gasteiger partial charge < -0.3 is 49.3 Å². The molecule has 336 valence electrons. The maximum Gasteiger partial charge on any atom is 0.291 e. The number of benzene rings is 2. The molecule has 0 aliphatic carbocycles. The second-order valence-corrected chi connectivity index (χ2v) is 16.5. The Kier molecular flexibility index (Phi) is 12.0. The van der Waals surface area contributed by atoms with Crippen molar-refractivity contribution in [2.24, 2.45) is 26.1 Å². The van der Waals surface area contributed by atoms with E-state index >= 15 is 0 Å². The molecule has 6 heterocycles. The monoisotopic (exact) mass is 881 g/mol. The van der Waals surface area contributed by atoms with Crippen LogP contribution in [0.15, 0.2) is 90.5 Å². The summed E-state index contributed by atoms with van der Waals surface area (Å²) in [4.78, 5) is 77.6. The third-order valence-electron chi connectivity index (χ3n) is 11.5. The normalized spacial score (nSPS) is 15.4. The summed E-state index contributed by atoms with van der Waals surface area (Å²) in [6.07, 6.45) is 9.39. The van der Waals surface area contributed by atoms with Gasteiger partial charge in [0.15, 0.2) is 17.3 Å². The maximum absolute atomic E-state index is 13.7. The Bertz CT molecular complexity index is 2930. The molecule has 18 heteroatoms. The van der Waals surface area contributed by atoms with Crippen LogP contribution in [0.1, 0.15) is 80.6 Å². The lowest BCUT2D eigenvalue weighted by Crippen LogP contribution is -2.45. The van der Waals surface area contributed by atoms with Gasteiger partial charge in [-0.25, -0.2) is 4.98 Å². The number of carbonyl (C=O) groups is 5. The van der Waals surface area contributed by atoms with E-state index in [1.807, 2.05) is 38.1 Å². The number of carbonyl (C=O) groups excluding carboxylic acids is 5. The third-order valence-corrected chi connectivity index (χ3v) is 11.5. The fourth-order valence-corrected chi connectivity index (χ4v) is 8.23. The number of aryl methyl sites for hydroxylation is 3. The van der Waals surface area contributed by atoms with Crippen molar-refractivity contribution < 1.29 is 33.4 Å². The van der Waals surface area contributed by atoms with Crippen molar-refractivity contribution in [1.82, 2.24) is 33.5 Å². The SMILES string of the molecule is C=C1CN2C(=O)c3cc(OC)c(OCCCC(=O)Nc4cn(C)c(C(=O)Nc5cc(C(=O)Nc6cc(C(=O)n7ccc8ccc(CNCC)cc87)n(C)c6)n(C)c5)n4)cc3N=C[C@]2(C)C1. The zero-order valence-electron chi connectivity index (χ0n) is 37.2. The summed E-state index contributed by atoms with van der Waals surface area (Å²) in [5, 5.41) is 12.6. The van der Waals surface area contributed by atoms with Gasteiger partial charge in [-0.15, -0.1) is 0 Å². The molecule has 0 radical (unpaired) electrons. The van der Waals surface area contributed by atoms with E-state index in [2.05, 4.69) is 37.8 Å². The van der Waals surface area contributed by atoms with Gasteiger partial charge in [0, 0.05) is 83.1 Å². The van der Waals surface area contributed by atoms with Gasteiger partial charge in [0.25, 0.3) is 23.6 Å². The van der Waals surface area contributed by atoms with Crippen molar-refractivity contribution in [3.8, 4) is 11.5 Å². The number of aromatic nitrogens is 5. The lowest BCUT2D eigenvalue weighted by atomic mass is 9.99. The highest BCUT2D eigenvalue weighted by Crippen LogP contribution is 2.41. The van der Waals surface area contributed by atoms with Gasteiger partial charge in [-0.1, -0.05) is 31.2 Å². The number of anilines is 3. The molecule has 4 amide bonds. The lowest BCUT2D eigenvalue weighted by Gasteiger charge is -2.29. The number of amides is 4. The number of ether oxygens (including phenoxy) is 2. The average molecular weight is 882 g/mol. The van der Waals surface area contributed by atoms with Crippen LogP contribution in [0.25, 0.3) is 10.9 Å². The maximum atomic E-state index is 13.7. The predicted molar refractivity (Wildman–Crippen MR) is 247 cm³/mol. The first kappa shape index (κ1) is 43.9. The minimum atomic E-state index is -0.558. The molecule has 0 bridgehead atoms. The Morgan fingerprint density at radius 2 is 1.62 bits per heavy atom. The van der Waals surface area contributed by atoms with E-state index < -0.39 is 17.4 Å². The Morgan fingerprint density at radius 3 is 2.37 bits per heavy atom. The Labute approximate surface area is 374 Å². The average Bonchev–Trinajstić information content (AvgIpc) is 4.09. The molecule has 8 rings (SSSR count). The number of hydrogen-bond acceptors (Lipinski definition) is 10. The zero-order chi connectivity index (χ0) is 46.2. The van der Waals surface area contributed by atoms with Crippen LogP contribution in [0.2, 0.25) is 0 Å². The molecule has 2 aromatic carbocycles. The molecule has 0 spiro atoms. The number of fused-ring (bicyclic) bond motifs is 3. The molecule has 0 saturated carbocycles. The van der Waals surface area contributed by atoms with Gasteiger partial charge in [-0.05, 0) is 62.2 Å². The third kappa shape index (κ3) is 8.92. The summed E-state index contributed by atoms with van der Waals surface area (Å²) in [6, 6.07) is 14.4. The molecule has 4 N–H and O–H groups in total. The van der Waals surface area contributed by atoms with Crippen LogP contribution in [-0.4, -0.2) is 96.2 Å². The van der Waals surface area contributed by atoms with Gasteiger partial charge >= 0.3 is 0 Å². The van der Waals surface area contributed by atoms with Gasteiger partial charge in [0.05, 0.1) is 47.4 Å². The van der Waals surface area contributed by atoms with Gasteiger partial charge in [0.2, 0.25) is 11.7 Å². The van der Waals surface area contributed by atoms with Crippen LogP contribution in [0.4, 0.5) is 22.9 Å². The first-order valence-corrected chi connectivity index (χ1v) is 21.2. The molecule has 2 aliphatic heterocycles. The van der Waals surface area contributed by atoms with Crippen molar-refractivity contribution in [2.45, 2.75) is 45.2 Å². The van der Waals surface area contributed by atoms with E-state index in [-0.39, 0.29) is 48.1 Å². The van der Waals surface area contributed by atoms with E-state index in [9.17, 15) is 24.0 Å². The molecule has 2 aliphatic rings. The minimum absolute atomic E-state index is 0.0279. The fourth-order valence-electron chi connectivity index (χ4n) is 8.23. The summed E-state index contributed by atoms with van der Waals surface area (Å²) in [6.45, 7) is 10.2. The summed E-state index contributed by atoms with van der Waals surface area (Å²) >= 11 is 0. The van der Waals surface area contributed by atoms with Crippen LogP contribution in [0, 0.1) is 0 Å². The van der Waals surface area contributed by atoms with Crippen LogP contribution in [0.5, 0.6) is 11.5 Å². The summed E-state index contributed by atoms with van der Waals surface area (Å²) in [5.74, 6) is -0.756. The van der Waals surface area contributed by atoms with Gasteiger partial charge in [-0.3, -0.25) is 33.5 Å². The number of imidazole rings is 1. The van der Waals surface area contributed by atoms with E-state index in [1.165, 1.54) is 23.9 Å². The molecule has 4 aromatic heterocycles. The zero-order valence-corrected chi connectivity index (χ0v) is 37.2. The number of rotatable bonds is 15. The highest BCUT2D eigenvalue weighted by molar-refractivity contribution is 6.08. The summed E-state index contributed by atoms with van der Waals surface area (Å²) in [7, 11) is 6.53. The molecule has 1 saturated heterocycles. The number of nitrogens with one attached hydrogen (secondary N) is 4. The quantitative estimate of drug-likeness (QED) is 0.0702. The molecule has 65 heavy (non-hydrogen) atoms. The first-order valence-electron chi connectivity index (χ1n) is 21.2. The standard InChI is InChI=1S/C47H51N11O7/c1-8-48-22-29-11-12-30-13-14-57(35(30)16-29)46(63)37-18-32(25-55(37)5)50-43(60)36-17-31(24-54(36)4)51-44(61)42-53-40(26-56(42)6)52-41(59)10-9-15-65-39-20-34-33(19-38(39)64-7)45(62)58-23-28(2)21-47(58,3)27-49-34/h11-14,16-20,24-27,48H,2,8-10,15,21-23H2,1,3-7H3,(H,50,60)(H,51,61)(H,52,59)/t47-/m0/s1. The largest absolute Gasteiger partial charge is 0.493 e. The summed E-state index contributed by atoms with van der Waals surface area (Å²) in [5.41, 5.74) is 4.56. The molecule has 1 atom stereocenters. The molecule has 6 aromatic rings. The first-order chi connectivity index (χ1) is 31.1. The van der Waals surface area contributed by atoms with Crippen molar-refractivity contribution in [1.29, 1.82) is 0 Å². The van der Waals surface area contributed by atoms with Crippen molar-refractivity contribution >= 4 is 69.5 Å². The highest BCUT2D eigenvalue weighted by Gasteiger charge is 2.43. The second kappa shape index (κ2) is 17.8. The minimum Gasteiger partial charge on any atom is -0.493 e. The number of methoxy groups -OCH3 is 1. The summed E-state index contributed by atoms with van der Waals surface area (Å²) < 4.78 is 17.9. The molecule has 0 unspecified atom stereocenters. The van der Waals surface area contributed by atoms with E-state index in [1.54, 1.807) is 82.7 Å².